The van der Waals surface area contributed by atoms with E-state index in [2.05, 4.69) is 5.32 Å². The predicted molar refractivity (Wildman–Crippen MR) is 28.9 cm³/mol. The average Bonchev–Trinajstić information content (AvgIpc) is 1.66. The Kier molecular flexibility index (Phi) is 4.26. The van der Waals surface area contributed by atoms with E-state index in [1.165, 1.54) is 0 Å². The van der Waals surface area contributed by atoms with Crippen molar-refractivity contribution in [2.45, 2.75) is 13.3 Å². The van der Waals surface area contributed by atoms with Gasteiger partial charge in [0.1, 0.15) is 0 Å². The highest BCUT2D eigenvalue weighted by Gasteiger charge is 1.95. The second-order valence-corrected chi connectivity index (χ2v) is 1.48. The first-order valence-electron chi connectivity index (χ1n) is 2.68. The molecule has 0 aliphatic heterocycles. The molecule has 0 bridgehead atoms. The van der Waals surface area contributed by atoms with Crippen molar-refractivity contribution in [2.75, 3.05) is 13.1 Å². The molecule has 0 aliphatic carbocycles. The summed E-state index contributed by atoms with van der Waals surface area (Å²) in [7, 11) is 0. The van der Waals surface area contributed by atoms with E-state index in [1.54, 1.807) is 0 Å². The molecule has 0 fully saturated rings. The van der Waals surface area contributed by atoms with E-state index in [-0.39, 0.29) is 6.42 Å². The van der Waals surface area contributed by atoms with Gasteiger partial charge in [-0.15, -0.1) is 0 Å². The molecule has 8 heavy (non-hydrogen) atoms. The first-order chi connectivity index (χ1) is 3.77. The second-order valence-electron chi connectivity index (χ2n) is 1.48. The van der Waals surface area contributed by atoms with E-state index in [0.717, 1.165) is 6.54 Å². The van der Waals surface area contributed by atoms with Crippen molar-refractivity contribution in [3.63, 3.8) is 0 Å². The molecule has 1 radical (unpaired) electrons. The van der Waals surface area contributed by atoms with Crippen molar-refractivity contribution in [1.29, 1.82) is 0 Å². The fourth-order valence-corrected chi connectivity index (χ4v) is 0.367. The maximum absolute atomic E-state index is 9.72. The summed E-state index contributed by atoms with van der Waals surface area (Å²) >= 11 is 0. The van der Waals surface area contributed by atoms with E-state index in [4.69, 9.17) is 0 Å². The van der Waals surface area contributed by atoms with Gasteiger partial charge >= 0.3 is 5.97 Å². The lowest BCUT2D eigenvalue weighted by molar-refractivity contribution is -0.142. The number of hydrogen-bond acceptors (Lipinski definition) is 2. The monoisotopic (exact) mass is 116 g/mol. The van der Waals surface area contributed by atoms with Crippen molar-refractivity contribution in [3.05, 3.63) is 0 Å². The average molecular weight is 116 g/mol. The van der Waals surface area contributed by atoms with Crippen molar-refractivity contribution in [3.8, 4) is 0 Å². The Labute approximate surface area is 48.7 Å². The Hall–Kier alpha value is -0.570. The molecule has 0 unspecified atom stereocenters. The molecule has 0 rings (SSSR count). The summed E-state index contributed by atoms with van der Waals surface area (Å²) in [4.78, 5) is 9.72. The zero-order valence-electron chi connectivity index (χ0n) is 4.94. The fourth-order valence-electron chi connectivity index (χ4n) is 0.367. The zero-order chi connectivity index (χ0) is 6.41. The van der Waals surface area contributed by atoms with Gasteiger partial charge in [0.05, 0.1) is 6.42 Å². The standard InChI is InChI=1S/C5H10NO2/c1-2-6-4-3-5(7)8/h6H,2-4H2,1H3. The topological polar surface area (TPSA) is 49.0 Å². The van der Waals surface area contributed by atoms with Crippen molar-refractivity contribution in [2.24, 2.45) is 0 Å². The largest absolute Gasteiger partial charge is 0.356 e. The molecule has 0 aromatic carbocycles. The highest BCUT2D eigenvalue weighted by molar-refractivity contribution is 5.66. The Morgan fingerprint density at radius 1 is 1.62 bits per heavy atom. The van der Waals surface area contributed by atoms with Gasteiger partial charge in [0.15, 0.2) is 0 Å². The third-order valence-corrected chi connectivity index (χ3v) is 0.756. The molecule has 0 aliphatic rings. The van der Waals surface area contributed by atoms with Crippen LogP contribution in [0.4, 0.5) is 0 Å². The molecule has 0 amide bonds. The van der Waals surface area contributed by atoms with Gasteiger partial charge in [-0.2, -0.15) is 0 Å². The lowest BCUT2D eigenvalue weighted by Crippen LogP contribution is -2.16. The summed E-state index contributed by atoms with van der Waals surface area (Å²) < 4.78 is 0. The Morgan fingerprint density at radius 2 is 2.25 bits per heavy atom. The molecule has 0 spiro atoms. The van der Waals surface area contributed by atoms with Crippen LogP contribution in [0, 0.1) is 0 Å². The van der Waals surface area contributed by atoms with E-state index in [1.807, 2.05) is 6.92 Å². The molecule has 0 saturated heterocycles. The minimum atomic E-state index is -0.994. The molecule has 3 nitrogen and oxygen atoms in total. The quantitative estimate of drug-likeness (QED) is 0.523. The molecule has 0 aromatic rings. The molecule has 0 aromatic heterocycles. The summed E-state index contributed by atoms with van der Waals surface area (Å²) in [5.41, 5.74) is 0. The molecule has 0 atom stereocenters. The molecule has 0 saturated carbocycles. The van der Waals surface area contributed by atoms with Gasteiger partial charge < -0.3 is 5.32 Å². The summed E-state index contributed by atoms with van der Waals surface area (Å²) in [6.45, 7) is 3.25. The van der Waals surface area contributed by atoms with Crippen LogP contribution in [0.15, 0.2) is 0 Å². The SMILES string of the molecule is CCNCCC([O])=O. The number of nitrogens with one attached hydrogen (secondary N) is 1. The van der Waals surface area contributed by atoms with Crippen LogP contribution in [0.1, 0.15) is 13.3 Å². The van der Waals surface area contributed by atoms with Gasteiger partial charge in [-0.05, 0) is 6.54 Å². The Balaban J connectivity index is 2.82. The number of carbonyl (C=O) groups is 1. The van der Waals surface area contributed by atoms with E-state index in [0.29, 0.717) is 6.54 Å². The van der Waals surface area contributed by atoms with Crippen LogP contribution < -0.4 is 5.32 Å². The van der Waals surface area contributed by atoms with Crippen LogP contribution in [-0.4, -0.2) is 19.1 Å². The van der Waals surface area contributed by atoms with Gasteiger partial charge in [-0.25, -0.2) is 9.90 Å². The lowest BCUT2D eigenvalue weighted by atomic mass is 10.4. The molecule has 1 N–H and O–H groups in total. The highest BCUT2D eigenvalue weighted by atomic mass is 16.4. The van der Waals surface area contributed by atoms with Gasteiger partial charge in [-0.3, -0.25) is 0 Å². The van der Waals surface area contributed by atoms with Crippen molar-refractivity contribution < 1.29 is 9.90 Å². The molecular formula is C5H10NO2. The van der Waals surface area contributed by atoms with Gasteiger partial charge in [0.2, 0.25) is 0 Å². The predicted octanol–water partition coefficient (Wildman–Crippen LogP) is -0.0569. The normalized spacial score (nSPS) is 9.12. The van der Waals surface area contributed by atoms with Crippen LogP contribution in [0.5, 0.6) is 0 Å². The zero-order valence-corrected chi connectivity index (χ0v) is 4.94. The number of rotatable bonds is 4. The smallest absolute Gasteiger partial charge is 0.316 e. The maximum Gasteiger partial charge on any atom is 0.356 e. The van der Waals surface area contributed by atoms with Crippen molar-refractivity contribution >= 4 is 5.97 Å². The summed E-state index contributed by atoms with van der Waals surface area (Å²) in [5.74, 6) is -0.994. The van der Waals surface area contributed by atoms with E-state index >= 15 is 0 Å². The van der Waals surface area contributed by atoms with E-state index in [9.17, 15) is 9.90 Å². The summed E-state index contributed by atoms with van der Waals surface area (Å²) in [6.07, 6.45) is 0.105. The van der Waals surface area contributed by atoms with E-state index < -0.39 is 5.97 Å². The first kappa shape index (κ1) is 7.43. The number of carbonyl (C=O) groups excluding carboxylic acids is 1. The van der Waals surface area contributed by atoms with Gasteiger partial charge in [0, 0.05) is 6.54 Å². The fraction of sp³-hybridized carbons (Fsp3) is 0.800. The van der Waals surface area contributed by atoms with Crippen LogP contribution in [0.3, 0.4) is 0 Å². The molecule has 0 heterocycles. The Morgan fingerprint density at radius 3 is 2.62 bits per heavy atom. The highest BCUT2D eigenvalue weighted by Crippen LogP contribution is 1.73. The summed E-state index contributed by atoms with van der Waals surface area (Å²) in [5, 5.41) is 12.6. The lowest BCUT2D eigenvalue weighted by Gasteiger charge is -1.92. The third-order valence-electron chi connectivity index (χ3n) is 0.756. The minimum Gasteiger partial charge on any atom is -0.316 e. The molecule has 3 heteroatoms. The van der Waals surface area contributed by atoms with Crippen LogP contribution in [-0.2, 0) is 9.90 Å². The Bertz CT molecular complexity index is 72.8. The van der Waals surface area contributed by atoms with Crippen molar-refractivity contribution in [1.82, 2.24) is 5.32 Å². The third kappa shape index (κ3) is 5.43. The molecule has 47 valence electrons. The second kappa shape index (κ2) is 4.59. The minimum absolute atomic E-state index is 0.105. The first-order valence-corrected chi connectivity index (χ1v) is 2.68. The van der Waals surface area contributed by atoms with Crippen LogP contribution in [0.2, 0.25) is 0 Å². The number of hydrogen-bond donors (Lipinski definition) is 1. The maximum atomic E-state index is 9.72. The molecular weight excluding hydrogens is 106 g/mol. The summed E-state index contributed by atoms with van der Waals surface area (Å²) in [6, 6.07) is 0. The van der Waals surface area contributed by atoms with Gasteiger partial charge in [0.25, 0.3) is 0 Å². The van der Waals surface area contributed by atoms with Gasteiger partial charge in [-0.1, -0.05) is 6.92 Å². The van der Waals surface area contributed by atoms with Crippen LogP contribution >= 0.6 is 0 Å². The van der Waals surface area contributed by atoms with Crippen LogP contribution in [0.25, 0.3) is 0 Å².